The first-order valence-electron chi connectivity index (χ1n) is 9.01. The van der Waals surface area contributed by atoms with Gasteiger partial charge in [0.1, 0.15) is 5.75 Å². The van der Waals surface area contributed by atoms with E-state index in [1.54, 1.807) is 12.1 Å². The molecule has 0 aliphatic carbocycles. The molecule has 0 unspecified atom stereocenters. The monoisotopic (exact) mass is 358 g/mol. The topological polar surface area (TPSA) is 32.8 Å². The van der Waals surface area contributed by atoms with Crippen LogP contribution in [0, 0.1) is 0 Å². The molecule has 1 aliphatic rings. The molecule has 0 saturated heterocycles. The molecule has 4 nitrogen and oxygen atoms in total. The molecule has 3 aromatic rings. The number of hydrogen-bond acceptors (Lipinski definition) is 3. The zero-order chi connectivity index (χ0) is 18.8. The summed E-state index contributed by atoms with van der Waals surface area (Å²) in [5.74, 6) is 0.646. The Labute approximate surface area is 159 Å². The number of hydrogen-bond donors (Lipinski definition) is 0. The Hall–Kier alpha value is -3.11. The van der Waals surface area contributed by atoms with E-state index in [0.29, 0.717) is 6.54 Å². The molecule has 0 aromatic heterocycles. The van der Waals surface area contributed by atoms with Gasteiger partial charge in [-0.3, -0.25) is 4.79 Å². The number of anilines is 1. The molecule has 4 heteroatoms. The highest BCUT2D eigenvalue weighted by Crippen LogP contribution is 2.41. The van der Waals surface area contributed by atoms with E-state index in [0.717, 1.165) is 28.1 Å². The quantitative estimate of drug-likeness (QED) is 0.685. The molecule has 0 radical (unpaired) electrons. The number of carbonyl (C=O) groups excluding carboxylic acids is 1. The van der Waals surface area contributed by atoms with Crippen molar-refractivity contribution in [3.05, 3.63) is 95.6 Å². The Bertz CT molecular complexity index is 938. The van der Waals surface area contributed by atoms with Crippen LogP contribution >= 0.6 is 0 Å². The largest absolute Gasteiger partial charge is 0.497 e. The predicted octanol–water partition coefficient (Wildman–Crippen LogP) is 4.22. The summed E-state index contributed by atoms with van der Waals surface area (Å²) in [4.78, 5) is 13.4. The highest BCUT2D eigenvalue weighted by Gasteiger charge is 2.39. The minimum atomic E-state index is -0.263. The molecule has 0 N–H and O–H groups in total. The Morgan fingerprint density at radius 3 is 2.30 bits per heavy atom. The van der Waals surface area contributed by atoms with E-state index in [1.165, 1.54) is 0 Å². The van der Waals surface area contributed by atoms with Gasteiger partial charge in [0.25, 0.3) is 5.91 Å². The van der Waals surface area contributed by atoms with Crippen LogP contribution in [0.1, 0.15) is 22.6 Å². The van der Waals surface area contributed by atoms with Gasteiger partial charge in [0.2, 0.25) is 0 Å². The van der Waals surface area contributed by atoms with Crippen LogP contribution in [0.5, 0.6) is 5.75 Å². The summed E-state index contributed by atoms with van der Waals surface area (Å²) in [5, 5.41) is 3.78. The smallest absolute Gasteiger partial charge is 0.253 e. The molecule has 1 atom stereocenters. The van der Waals surface area contributed by atoms with Crippen LogP contribution in [0.25, 0.3) is 0 Å². The van der Waals surface area contributed by atoms with Crippen molar-refractivity contribution in [1.29, 1.82) is 0 Å². The fourth-order valence-corrected chi connectivity index (χ4v) is 3.68. The van der Waals surface area contributed by atoms with Gasteiger partial charge in [0, 0.05) is 13.6 Å². The van der Waals surface area contributed by atoms with Crippen molar-refractivity contribution in [1.82, 2.24) is 5.01 Å². The highest BCUT2D eigenvalue weighted by molar-refractivity contribution is 6.06. The molecule has 1 heterocycles. The van der Waals surface area contributed by atoms with E-state index in [2.05, 4.69) is 0 Å². The standard InChI is InChI=1S/C23H22N2O2/c1-24(16-17-12-14-19(27-2)15-13-17)25-21-11-7-6-10-20(21)22(23(25)26)18-8-4-3-5-9-18/h3-15,22H,16H2,1-2H3/t22-/m0/s1. The maximum absolute atomic E-state index is 13.4. The van der Waals surface area contributed by atoms with Crippen LogP contribution in [-0.2, 0) is 11.3 Å². The third kappa shape index (κ3) is 3.20. The van der Waals surface area contributed by atoms with Gasteiger partial charge in [0.05, 0.1) is 18.7 Å². The Balaban J connectivity index is 1.65. The third-order valence-electron chi connectivity index (χ3n) is 4.98. The zero-order valence-corrected chi connectivity index (χ0v) is 15.5. The van der Waals surface area contributed by atoms with E-state index < -0.39 is 0 Å². The van der Waals surface area contributed by atoms with Gasteiger partial charge in [0.15, 0.2) is 0 Å². The van der Waals surface area contributed by atoms with Crippen molar-refractivity contribution in [2.45, 2.75) is 12.5 Å². The summed E-state index contributed by atoms with van der Waals surface area (Å²) >= 11 is 0. The third-order valence-corrected chi connectivity index (χ3v) is 4.98. The van der Waals surface area contributed by atoms with Crippen LogP contribution in [0.4, 0.5) is 5.69 Å². The second-order valence-electron chi connectivity index (χ2n) is 6.72. The van der Waals surface area contributed by atoms with Gasteiger partial charge in [-0.15, -0.1) is 0 Å². The lowest BCUT2D eigenvalue weighted by Gasteiger charge is -2.29. The van der Waals surface area contributed by atoms with Crippen LogP contribution in [0.3, 0.4) is 0 Å². The van der Waals surface area contributed by atoms with Crippen LogP contribution in [-0.4, -0.2) is 25.1 Å². The lowest BCUT2D eigenvalue weighted by Crippen LogP contribution is -2.42. The number of fused-ring (bicyclic) bond motifs is 1. The summed E-state index contributed by atoms with van der Waals surface area (Å²) < 4.78 is 5.22. The molecule has 3 aromatic carbocycles. The summed E-state index contributed by atoms with van der Waals surface area (Å²) in [6, 6.07) is 25.9. The molecule has 136 valence electrons. The maximum Gasteiger partial charge on any atom is 0.253 e. The minimum absolute atomic E-state index is 0.0819. The number of methoxy groups -OCH3 is 1. The first-order valence-corrected chi connectivity index (χ1v) is 9.01. The highest BCUT2D eigenvalue weighted by atomic mass is 16.5. The Morgan fingerprint density at radius 2 is 1.59 bits per heavy atom. The number of hydrazine groups is 1. The summed E-state index contributed by atoms with van der Waals surface area (Å²) in [6.07, 6.45) is 0. The van der Waals surface area contributed by atoms with Crippen LogP contribution in [0.2, 0.25) is 0 Å². The zero-order valence-electron chi connectivity index (χ0n) is 15.5. The molecule has 1 aliphatic heterocycles. The second-order valence-corrected chi connectivity index (χ2v) is 6.72. The predicted molar refractivity (Wildman–Crippen MR) is 107 cm³/mol. The second kappa shape index (κ2) is 7.25. The maximum atomic E-state index is 13.4. The summed E-state index contributed by atoms with van der Waals surface area (Å²) in [5.41, 5.74) is 4.14. The molecule has 1 amide bonds. The number of carbonyl (C=O) groups is 1. The average Bonchev–Trinajstić information content (AvgIpc) is 3.01. The van der Waals surface area contributed by atoms with Gasteiger partial charge in [-0.25, -0.2) is 10.0 Å². The molecular weight excluding hydrogens is 336 g/mol. The molecule has 4 rings (SSSR count). The van der Waals surface area contributed by atoms with Gasteiger partial charge in [-0.2, -0.15) is 0 Å². The Morgan fingerprint density at radius 1 is 0.926 bits per heavy atom. The molecule has 0 spiro atoms. The summed E-state index contributed by atoms with van der Waals surface area (Å²) in [7, 11) is 3.61. The van der Waals surface area contributed by atoms with E-state index in [-0.39, 0.29) is 11.8 Å². The van der Waals surface area contributed by atoms with E-state index in [4.69, 9.17) is 4.74 Å². The number of para-hydroxylation sites is 1. The van der Waals surface area contributed by atoms with Crippen molar-refractivity contribution in [2.24, 2.45) is 0 Å². The number of benzene rings is 3. The average molecular weight is 358 g/mol. The molecular formula is C23H22N2O2. The first kappa shape index (κ1) is 17.3. The first-order chi connectivity index (χ1) is 13.2. The van der Waals surface area contributed by atoms with Crippen LogP contribution < -0.4 is 9.75 Å². The lowest BCUT2D eigenvalue weighted by atomic mass is 9.93. The van der Waals surface area contributed by atoms with Crippen molar-refractivity contribution in [3.63, 3.8) is 0 Å². The fraction of sp³-hybridized carbons (Fsp3) is 0.174. The van der Waals surface area contributed by atoms with Crippen molar-refractivity contribution < 1.29 is 9.53 Å². The van der Waals surface area contributed by atoms with Gasteiger partial charge in [-0.05, 0) is 34.9 Å². The SMILES string of the molecule is COc1ccc(CN(C)N2C(=O)[C@@H](c3ccccc3)c3ccccc32)cc1. The number of ether oxygens (including phenoxy) is 1. The fourth-order valence-electron chi connectivity index (χ4n) is 3.68. The van der Waals surface area contributed by atoms with E-state index >= 15 is 0 Å². The molecule has 0 fully saturated rings. The van der Waals surface area contributed by atoms with E-state index in [1.807, 2.05) is 90.9 Å². The lowest BCUT2D eigenvalue weighted by molar-refractivity contribution is -0.121. The van der Waals surface area contributed by atoms with Crippen molar-refractivity contribution in [2.75, 3.05) is 19.2 Å². The van der Waals surface area contributed by atoms with E-state index in [9.17, 15) is 4.79 Å². The minimum Gasteiger partial charge on any atom is -0.497 e. The number of nitrogens with zero attached hydrogens (tertiary/aromatic N) is 2. The van der Waals surface area contributed by atoms with Crippen molar-refractivity contribution in [3.8, 4) is 5.75 Å². The normalized spacial score (nSPS) is 15.9. The molecule has 27 heavy (non-hydrogen) atoms. The van der Waals surface area contributed by atoms with Gasteiger partial charge >= 0.3 is 0 Å². The summed E-state index contributed by atoms with van der Waals surface area (Å²) in [6.45, 7) is 0.631. The molecule has 0 bridgehead atoms. The van der Waals surface area contributed by atoms with Gasteiger partial charge < -0.3 is 4.74 Å². The molecule has 0 saturated carbocycles. The van der Waals surface area contributed by atoms with Crippen molar-refractivity contribution >= 4 is 11.6 Å². The van der Waals surface area contributed by atoms with Crippen LogP contribution in [0.15, 0.2) is 78.9 Å². The number of rotatable bonds is 5. The Kier molecular flexibility index (Phi) is 4.65. The van der Waals surface area contributed by atoms with Gasteiger partial charge in [-0.1, -0.05) is 60.7 Å². The number of amides is 1.